The molecule has 2 N–H and O–H groups in total. The van der Waals surface area contributed by atoms with Crippen LogP contribution in [0.4, 0.5) is 0 Å². The average molecular weight is 298 g/mol. The lowest BCUT2D eigenvalue weighted by atomic mass is 9.89. The van der Waals surface area contributed by atoms with E-state index in [1.165, 1.54) is 0 Å². The first kappa shape index (κ1) is 14.5. The first-order chi connectivity index (χ1) is 10.7. The number of hydrogen-bond donors (Lipinski definition) is 2. The van der Waals surface area contributed by atoms with E-state index in [1.54, 1.807) is 0 Å². The van der Waals surface area contributed by atoms with Gasteiger partial charge in [-0.25, -0.2) is 0 Å². The van der Waals surface area contributed by atoms with E-state index < -0.39 is 5.97 Å². The minimum absolute atomic E-state index is 0.0700. The second-order valence-corrected chi connectivity index (χ2v) is 5.42. The van der Waals surface area contributed by atoms with Gasteiger partial charge in [-0.1, -0.05) is 47.6 Å². The molecular formula is C17H18N2O3. The van der Waals surface area contributed by atoms with Crippen molar-refractivity contribution >= 4 is 5.97 Å². The topological polar surface area (TPSA) is 75.4 Å². The standard InChI is InChI=1S/C17H18N2O3/c20-17(21)14-8-4-5-9-15(14)18-11-13-10-16(22-19-13)12-6-2-1-3-7-12/h1-7,10,14-15,18H,8-9,11H2,(H,20,21)/t14-,15+/m1/s1. The van der Waals surface area contributed by atoms with Gasteiger partial charge in [-0.2, -0.15) is 0 Å². The summed E-state index contributed by atoms with van der Waals surface area (Å²) in [6.07, 6.45) is 5.25. The van der Waals surface area contributed by atoms with Crippen molar-refractivity contribution in [2.45, 2.75) is 25.4 Å². The third-order valence-corrected chi connectivity index (χ3v) is 3.91. The quantitative estimate of drug-likeness (QED) is 0.830. The first-order valence-electron chi connectivity index (χ1n) is 7.36. The Hall–Kier alpha value is -2.40. The van der Waals surface area contributed by atoms with Crippen molar-refractivity contribution in [2.75, 3.05) is 0 Å². The second-order valence-electron chi connectivity index (χ2n) is 5.42. The number of carboxylic acid groups (broad SMARTS) is 1. The maximum absolute atomic E-state index is 11.3. The van der Waals surface area contributed by atoms with Crippen LogP contribution in [0.15, 0.2) is 53.1 Å². The van der Waals surface area contributed by atoms with Crippen LogP contribution in [-0.2, 0) is 11.3 Å². The van der Waals surface area contributed by atoms with Gasteiger partial charge in [0.05, 0.1) is 11.6 Å². The molecule has 0 fully saturated rings. The number of nitrogens with zero attached hydrogens (tertiary/aromatic N) is 1. The Bertz CT molecular complexity index is 664. The molecule has 0 saturated carbocycles. The van der Waals surface area contributed by atoms with E-state index >= 15 is 0 Å². The number of carbonyl (C=O) groups is 1. The molecule has 1 heterocycles. The third kappa shape index (κ3) is 3.26. The summed E-state index contributed by atoms with van der Waals surface area (Å²) in [4.78, 5) is 11.3. The molecule has 0 bridgehead atoms. The van der Waals surface area contributed by atoms with Crippen LogP contribution in [0.2, 0.25) is 0 Å². The van der Waals surface area contributed by atoms with Crippen molar-refractivity contribution in [3.63, 3.8) is 0 Å². The lowest BCUT2D eigenvalue weighted by Crippen LogP contribution is -2.40. The van der Waals surface area contributed by atoms with Crippen molar-refractivity contribution in [3.05, 3.63) is 54.2 Å². The van der Waals surface area contributed by atoms with Gasteiger partial charge in [0.25, 0.3) is 0 Å². The fourth-order valence-corrected chi connectivity index (χ4v) is 2.68. The molecule has 2 atom stereocenters. The van der Waals surface area contributed by atoms with Crippen LogP contribution in [0, 0.1) is 5.92 Å². The van der Waals surface area contributed by atoms with E-state index in [1.807, 2.05) is 48.6 Å². The van der Waals surface area contributed by atoms with Gasteiger partial charge in [-0.15, -0.1) is 0 Å². The SMILES string of the molecule is O=C(O)[C@@H]1CC=CC[C@@H]1NCc1cc(-c2ccccc2)on1. The molecule has 5 heteroatoms. The minimum atomic E-state index is -0.757. The maximum Gasteiger partial charge on any atom is 0.308 e. The number of aliphatic carboxylic acids is 1. The van der Waals surface area contributed by atoms with Gasteiger partial charge < -0.3 is 14.9 Å². The summed E-state index contributed by atoms with van der Waals surface area (Å²) >= 11 is 0. The number of rotatable bonds is 5. The largest absolute Gasteiger partial charge is 0.481 e. The summed E-state index contributed by atoms with van der Waals surface area (Å²) in [7, 11) is 0. The highest BCUT2D eigenvalue weighted by molar-refractivity contribution is 5.71. The van der Waals surface area contributed by atoms with Gasteiger partial charge >= 0.3 is 5.97 Å². The highest BCUT2D eigenvalue weighted by Crippen LogP contribution is 2.22. The summed E-state index contributed by atoms with van der Waals surface area (Å²) < 4.78 is 5.34. The monoisotopic (exact) mass is 298 g/mol. The zero-order valence-electron chi connectivity index (χ0n) is 12.1. The van der Waals surface area contributed by atoms with Crippen LogP contribution in [0.25, 0.3) is 11.3 Å². The molecule has 1 aromatic heterocycles. The predicted octanol–water partition coefficient (Wildman–Crippen LogP) is 2.85. The van der Waals surface area contributed by atoms with Crippen LogP contribution >= 0.6 is 0 Å². The van der Waals surface area contributed by atoms with Crippen LogP contribution in [-0.4, -0.2) is 22.3 Å². The van der Waals surface area contributed by atoms with Crippen LogP contribution < -0.4 is 5.32 Å². The zero-order valence-corrected chi connectivity index (χ0v) is 12.1. The first-order valence-corrected chi connectivity index (χ1v) is 7.36. The predicted molar refractivity (Wildman–Crippen MR) is 82.1 cm³/mol. The molecule has 114 valence electrons. The van der Waals surface area contributed by atoms with Gasteiger partial charge in [-0.3, -0.25) is 4.79 Å². The Kier molecular flexibility index (Phi) is 4.34. The normalized spacial score (nSPS) is 20.9. The van der Waals surface area contributed by atoms with Crippen molar-refractivity contribution in [1.29, 1.82) is 0 Å². The molecule has 1 aromatic carbocycles. The van der Waals surface area contributed by atoms with Gasteiger partial charge in [0, 0.05) is 24.2 Å². The maximum atomic E-state index is 11.3. The Balaban J connectivity index is 1.63. The molecule has 0 radical (unpaired) electrons. The number of hydrogen-bond acceptors (Lipinski definition) is 4. The number of nitrogens with one attached hydrogen (secondary N) is 1. The molecule has 3 rings (SSSR count). The van der Waals surface area contributed by atoms with E-state index in [0.29, 0.717) is 13.0 Å². The van der Waals surface area contributed by atoms with Gasteiger partial charge in [0.1, 0.15) is 0 Å². The van der Waals surface area contributed by atoms with Gasteiger partial charge in [-0.05, 0) is 12.8 Å². The fraction of sp³-hybridized carbons (Fsp3) is 0.294. The third-order valence-electron chi connectivity index (χ3n) is 3.91. The number of carboxylic acids is 1. The van der Waals surface area contributed by atoms with E-state index in [2.05, 4.69) is 10.5 Å². The molecule has 0 unspecified atom stereocenters. The molecule has 5 nitrogen and oxygen atoms in total. The molecule has 1 aliphatic carbocycles. The van der Waals surface area contributed by atoms with E-state index in [9.17, 15) is 9.90 Å². The van der Waals surface area contributed by atoms with Gasteiger partial charge in [0.2, 0.25) is 0 Å². The zero-order chi connectivity index (χ0) is 15.4. The highest BCUT2D eigenvalue weighted by atomic mass is 16.5. The van der Waals surface area contributed by atoms with Crippen molar-refractivity contribution < 1.29 is 14.4 Å². The van der Waals surface area contributed by atoms with Crippen molar-refractivity contribution in [2.24, 2.45) is 5.92 Å². The molecule has 0 spiro atoms. The van der Waals surface area contributed by atoms with Crippen LogP contribution in [0.1, 0.15) is 18.5 Å². The number of allylic oxidation sites excluding steroid dienone is 1. The number of benzene rings is 1. The lowest BCUT2D eigenvalue weighted by Gasteiger charge is -2.25. The minimum Gasteiger partial charge on any atom is -0.481 e. The van der Waals surface area contributed by atoms with E-state index in [-0.39, 0.29) is 12.0 Å². The molecule has 22 heavy (non-hydrogen) atoms. The van der Waals surface area contributed by atoms with Gasteiger partial charge in [0.15, 0.2) is 5.76 Å². The smallest absolute Gasteiger partial charge is 0.308 e. The Morgan fingerprint density at radius 1 is 1.27 bits per heavy atom. The summed E-state index contributed by atoms with van der Waals surface area (Å²) in [5.74, 6) is -0.423. The van der Waals surface area contributed by atoms with Crippen molar-refractivity contribution in [3.8, 4) is 11.3 Å². The lowest BCUT2D eigenvalue weighted by molar-refractivity contribution is -0.142. The Morgan fingerprint density at radius 2 is 2.05 bits per heavy atom. The molecule has 0 amide bonds. The van der Waals surface area contributed by atoms with Crippen LogP contribution in [0.5, 0.6) is 0 Å². The summed E-state index contributed by atoms with van der Waals surface area (Å²) in [5.41, 5.74) is 1.75. The van der Waals surface area contributed by atoms with Crippen molar-refractivity contribution in [1.82, 2.24) is 10.5 Å². The molecule has 1 aliphatic rings. The Morgan fingerprint density at radius 3 is 2.82 bits per heavy atom. The second kappa shape index (κ2) is 6.58. The molecule has 2 aromatic rings. The van der Waals surface area contributed by atoms with Crippen LogP contribution in [0.3, 0.4) is 0 Å². The Labute approximate surface area is 128 Å². The average Bonchev–Trinajstić information content (AvgIpc) is 3.03. The van der Waals surface area contributed by atoms with E-state index in [4.69, 9.17) is 4.52 Å². The highest BCUT2D eigenvalue weighted by Gasteiger charge is 2.28. The fourth-order valence-electron chi connectivity index (χ4n) is 2.68. The summed E-state index contributed by atoms with van der Waals surface area (Å²) in [5, 5.41) is 16.6. The summed E-state index contributed by atoms with van der Waals surface area (Å²) in [6.45, 7) is 0.499. The number of aromatic nitrogens is 1. The molecule has 0 saturated heterocycles. The van der Waals surface area contributed by atoms with E-state index in [0.717, 1.165) is 23.4 Å². The summed E-state index contributed by atoms with van der Waals surface area (Å²) in [6, 6.07) is 11.6. The molecular weight excluding hydrogens is 280 g/mol. The molecule has 0 aliphatic heterocycles.